The summed E-state index contributed by atoms with van der Waals surface area (Å²) in [5.74, 6) is -0.182. The summed E-state index contributed by atoms with van der Waals surface area (Å²) >= 11 is 0. The van der Waals surface area contributed by atoms with Crippen molar-refractivity contribution in [3.05, 3.63) is 33.4 Å². The van der Waals surface area contributed by atoms with Gasteiger partial charge in [0.1, 0.15) is 5.75 Å². The van der Waals surface area contributed by atoms with Crippen molar-refractivity contribution in [1.82, 2.24) is 0 Å². The Morgan fingerprint density at radius 1 is 1.47 bits per heavy atom. The topological polar surface area (TPSA) is 110 Å². The number of aliphatic hydroxyl groups excluding tert-OH is 1. The molecule has 0 radical (unpaired) electrons. The summed E-state index contributed by atoms with van der Waals surface area (Å²) in [7, 11) is 0. The lowest BCUT2D eigenvalue weighted by Crippen LogP contribution is -2.33. The van der Waals surface area contributed by atoms with Gasteiger partial charge in [0, 0.05) is 24.1 Å². The van der Waals surface area contributed by atoms with Gasteiger partial charge < -0.3 is 15.9 Å². The lowest BCUT2D eigenvalue weighted by Gasteiger charge is -2.30. The van der Waals surface area contributed by atoms with Crippen LogP contribution in [-0.2, 0) is 0 Å². The average Bonchev–Trinajstić information content (AvgIpc) is 2.31. The lowest BCUT2D eigenvalue weighted by atomic mass is 9.80. The van der Waals surface area contributed by atoms with Crippen molar-refractivity contribution in [2.24, 2.45) is 11.1 Å². The van der Waals surface area contributed by atoms with Gasteiger partial charge in [-0.2, -0.15) is 0 Å². The molecule has 1 aromatic carbocycles. The van der Waals surface area contributed by atoms with E-state index in [-0.39, 0.29) is 36.0 Å². The van der Waals surface area contributed by atoms with Gasteiger partial charge in [0.05, 0.1) is 10.5 Å². The zero-order valence-corrected chi connectivity index (χ0v) is 11.9. The maximum Gasteiger partial charge on any atom is 0.277 e. The standard InChI is InChI=1S/C12H18N2O4.ClH/c1-7-4-5-8(14(17)18)9(10(7)16)11(13)12(2,3)6-15;/h4-5,11,15-16H,6,13H2,1-3H3;1H/t11-;/m1./s1. The van der Waals surface area contributed by atoms with Crippen LogP contribution in [0.2, 0.25) is 0 Å². The third kappa shape index (κ3) is 3.34. The Balaban J connectivity index is 0.00000324. The van der Waals surface area contributed by atoms with Crippen molar-refractivity contribution in [3.63, 3.8) is 0 Å². The van der Waals surface area contributed by atoms with E-state index in [4.69, 9.17) is 5.73 Å². The second-order valence-electron chi connectivity index (χ2n) is 5.05. The molecular weight excluding hydrogens is 272 g/mol. The minimum atomic E-state index is -0.831. The van der Waals surface area contributed by atoms with Gasteiger partial charge in [-0.1, -0.05) is 13.8 Å². The molecule has 0 fully saturated rings. The molecule has 108 valence electrons. The quantitative estimate of drug-likeness (QED) is 0.581. The third-order valence-electron chi connectivity index (χ3n) is 3.15. The number of rotatable bonds is 4. The zero-order chi connectivity index (χ0) is 14.1. The van der Waals surface area contributed by atoms with Gasteiger partial charge in [-0.15, -0.1) is 12.4 Å². The van der Waals surface area contributed by atoms with Gasteiger partial charge in [-0.25, -0.2) is 0 Å². The minimum Gasteiger partial charge on any atom is -0.507 e. The Hall–Kier alpha value is -1.37. The van der Waals surface area contributed by atoms with E-state index >= 15 is 0 Å². The van der Waals surface area contributed by atoms with Gasteiger partial charge >= 0.3 is 0 Å². The Labute approximate surface area is 117 Å². The summed E-state index contributed by atoms with van der Waals surface area (Å²) in [5.41, 5.74) is 5.55. The Morgan fingerprint density at radius 2 is 2.00 bits per heavy atom. The Morgan fingerprint density at radius 3 is 2.42 bits per heavy atom. The van der Waals surface area contributed by atoms with Crippen molar-refractivity contribution in [2.75, 3.05) is 6.61 Å². The molecule has 0 amide bonds. The van der Waals surface area contributed by atoms with Gasteiger partial charge in [0.15, 0.2) is 0 Å². The predicted molar refractivity (Wildman–Crippen MR) is 74.5 cm³/mol. The molecule has 0 unspecified atom stereocenters. The molecule has 6 nitrogen and oxygen atoms in total. The van der Waals surface area contributed by atoms with Crippen LogP contribution in [0.5, 0.6) is 5.75 Å². The second-order valence-corrected chi connectivity index (χ2v) is 5.05. The molecule has 19 heavy (non-hydrogen) atoms. The van der Waals surface area contributed by atoms with Crippen LogP contribution in [0.15, 0.2) is 12.1 Å². The van der Waals surface area contributed by atoms with E-state index in [1.165, 1.54) is 12.1 Å². The van der Waals surface area contributed by atoms with E-state index in [1.54, 1.807) is 20.8 Å². The third-order valence-corrected chi connectivity index (χ3v) is 3.15. The van der Waals surface area contributed by atoms with E-state index in [0.717, 1.165) is 0 Å². The number of hydrogen-bond donors (Lipinski definition) is 3. The second kappa shape index (κ2) is 6.18. The monoisotopic (exact) mass is 290 g/mol. The summed E-state index contributed by atoms with van der Waals surface area (Å²) in [6.45, 7) is 4.77. The molecule has 1 atom stereocenters. The maximum absolute atomic E-state index is 11.0. The largest absolute Gasteiger partial charge is 0.507 e. The van der Waals surface area contributed by atoms with Crippen LogP contribution in [0.4, 0.5) is 5.69 Å². The number of hydrogen-bond acceptors (Lipinski definition) is 5. The van der Waals surface area contributed by atoms with Crippen LogP contribution in [0.25, 0.3) is 0 Å². The SMILES string of the molecule is Cc1ccc([N+](=O)[O-])c([C@@H](N)C(C)(C)CO)c1O.Cl. The molecule has 4 N–H and O–H groups in total. The molecule has 0 heterocycles. The molecule has 0 saturated carbocycles. The highest BCUT2D eigenvalue weighted by atomic mass is 35.5. The summed E-state index contributed by atoms with van der Waals surface area (Å²) in [5, 5.41) is 30.3. The fourth-order valence-electron chi connectivity index (χ4n) is 1.66. The Bertz CT molecular complexity index is 477. The molecule has 0 aliphatic rings. The highest BCUT2D eigenvalue weighted by Crippen LogP contribution is 2.41. The number of aliphatic hydroxyl groups is 1. The van der Waals surface area contributed by atoms with Crippen LogP contribution in [0.1, 0.15) is 31.0 Å². The van der Waals surface area contributed by atoms with Crippen molar-refractivity contribution in [1.29, 1.82) is 0 Å². The van der Waals surface area contributed by atoms with Crippen LogP contribution in [-0.4, -0.2) is 21.7 Å². The zero-order valence-electron chi connectivity index (χ0n) is 11.1. The molecule has 1 rings (SSSR count). The van der Waals surface area contributed by atoms with E-state index < -0.39 is 16.4 Å². The number of nitro groups is 1. The Kier molecular flexibility index (Phi) is 5.74. The number of halogens is 1. The number of nitrogens with zero attached hydrogens (tertiary/aromatic N) is 1. The molecule has 0 spiro atoms. The first-order valence-electron chi connectivity index (χ1n) is 5.55. The first kappa shape index (κ1) is 17.6. The number of aromatic hydroxyl groups is 1. The van der Waals surface area contributed by atoms with Gasteiger partial charge in [-0.05, 0) is 18.6 Å². The fourth-order valence-corrected chi connectivity index (χ4v) is 1.66. The van der Waals surface area contributed by atoms with Crippen molar-refractivity contribution < 1.29 is 15.1 Å². The first-order chi connectivity index (χ1) is 8.22. The smallest absolute Gasteiger partial charge is 0.277 e. The molecule has 7 heteroatoms. The molecule has 0 aliphatic heterocycles. The maximum atomic E-state index is 11.0. The van der Waals surface area contributed by atoms with E-state index in [9.17, 15) is 20.3 Å². The van der Waals surface area contributed by atoms with Gasteiger partial charge in [-0.3, -0.25) is 10.1 Å². The predicted octanol–water partition coefficient (Wildman–Crippen LogP) is 2.05. The number of phenols is 1. The van der Waals surface area contributed by atoms with Gasteiger partial charge in [0.25, 0.3) is 5.69 Å². The van der Waals surface area contributed by atoms with Crippen LogP contribution >= 0.6 is 12.4 Å². The molecular formula is C12H19ClN2O4. The van der Waals surface area contributed by atoms with E-state index in [0.29, 0.717) is 5.56 Å². The van der Waals surface area contributed by atoms with Crippen LogP contribution in [0.3, 0.4) is 0 Å². The number of nitro benzene ring substituents is 1. The van der Waals surface area contributed by atoms with Crippen molar-refractivity contribution >= 4 is 18.1 Å². The number of phenolic OH excluding ortho intramolecular Hbond substituents is 1. The summed E-state index contributed by atoms with van der Waals surface area (Å²) in [4.78, 5) is 10.4. The number of aryl methyl sites for hydroxylation is 1. The number of nitrogens with two attached hydrogens (primary N) is 1. The van der Waals surface area contributed by atoms with Crippen LogP contribution < -0.4 is 5.73 Å². The molecule has 1 aromatic rings. The lowest BCUT2D eigenvalue weighted by molar-refractivity contribution is -0.386. The minimum absolute atomic E-state index is 0. The number of benzene rings is 1. The first-order valence-corrected chi connectivity index (χ1v) is 5.55. The summed E-state index contributed by atoms with van der Waals surface area (Å²) in [6, 6.07) is 1.95. The van der Waals surface area contributed by atoms with Crippen LogP contribution in [0, 0.1) is 22.5 Å². The fraction of sp³-hybridized carbons (Fsp3) is 0.500. The summed E-state index contributed by atoms with van der Waals surface area (Å²) < 4.78 is 0. The molecule has 0 bridgehead atoms. The molecule has 0 saturated heterocycles. The normalized spacial score (nSPS) is 12.7. The highest BCUT2D eigenvalue weighted by molar-refractivity contribution is 5.85. The van der Waals surface area contributed by atoms with Crippen molar-refractivity contribution in [2.45, 2.75) is 26.8 Å². The molecule has 0 aliphatic carbocycles. The average molecular weight is 291 g/mol. The van der Waals surface area contributed by atoms with Crippen molar-refractivity contribution in [3.8, 4) is 5.75 Å². The summed E-state index contributed by atoms with van der Waals surface area (Å²) in [6.07, 6.45) is 0. The highest BCUT2D eigenvalue weighted by Gasteiger charge is 2.34. The van der Waals surface area contributed by atoms with E-state index in [2.05, 4.69) is 0 Å². The van der Waals surface area contributed by atoms with Gasteiger partial charge in [0.2, 0.25) is 0 Å². The molecule has 0 aromatic heterocycles. The van der Waals surface area contributed by atoms with E-state index in [1.807, 2.05) is 0 Å².